The van der Waals surface area contributed by atoms with Crippen LogP contribution in [0, 0.1) is 0 Å². The van der Waals surface area contributed by atoms with Crippen molar-refractivity contribution in [1.82, 2.24) is 20.4 Å². The van der Waals surface area contributed by atoms with Crippen molar-refractivity contribution in [3.05, 3.63) is 35.6 Å². The van der Waals surface area contributed by atoms with Crippen LogP contribution in [0.3, 0.4) is 0 Å². The van der Waals surface area contributed by atoms with Crippen LogP contribution in [0.15, 0.2) is 27.9 Å². The van der Waals surface area contributed by atoms with Crippen molar-refractivity contribution < 1.29 is 14.1 Å². The van der Waals surface area contributed by atoms with Crippen LogP contribution in [0.2, 0.25) is 0 Å². The van der Waals surface area contributed by atoms with Gasteiger partial charge in [-0.3, -0.25) is 4.79 Å². The summed E-state index contributed by atoms with van der Waals surface area (Å²) in [5, 5.41) is 7.50. The second kappa shape index (κ2) is 7.56. The first-order chi connectivity index (χ1) is 11.3. The van der Waals surface area contributed by atoms with E-state index in [1.165, 1.54) is 11.8 Å². The molecular formula is C15H18N4O3S. The number of ether oxygens (including phenoxy) is 1. The number of thioether (sulfide) groups is 1. The van der Waals surface area contributed by atoms with E-state index in [9.17, 15) is 4.79 Å². The summed E-state index contributed by atoms with van der Waals surface area (Å²) in [6.45, 7) is 1.17. The SMILES string of the molecule is CSc1ncccc1C(=O)NCCc1noc([C@H]2CCCO2)n1. The lowest BCUT2D eigenvalue weighted by atomic mass is 10.2. The number of rotatable bonds is 6. The molecule has 0 radical (unpaired) electrons. The summed E-state index contributed by atoms with van der Waals surface area (Å²) in [7, 11) is 0. The molecule has 8 heteroatoms. The average Bonchev–Trinajstić information content (AvgIpc) is 3.26. The van der Waals surface area contributed by atoms with Crippen molar-refractivity contribution in [1.29, 1.82) is 0 Å². The zero-order chi connectivity index (χ0) is 16.1. The zero-order valence-electron chi connectivity index (χ0n) is 12.8. The number of hydrogen-bond acceptors (Lipinski definition) is 7. The van der Waals surface area contributed by atoms with E-state index in [1.54, 1.807) is 18.3 Å². The fourth-order valence-corrected chi connectivity index (χ4v) is 2.93. The minimum Gasteiger partial charge on any atom is -0.368 e. The number of amides is 1. The van der Waals surface area contributed by atoms with Crippen LogP contribution in [0.25, 0.3) is 0 Å². The van der Waals surface area contributed by atoms with E-state index in [0.717, 1.165) is 19.4 Å². The molecule has 122 valence electrons. The first kappa shape index (κ1) is 15.9. The van der Waals surface area contributed by atoms with E-state index in [1.807, 2.05) is 6.26 Å². The minimum absolute atomic E-state index is 0.0784. The van der Waals surface area contributed by atoms with E-state index in [2.05, 4.69) is 20.4 Å². The molecule has 0 saturated carbocycles. The van der Waals surface area contributed by atoms with Gasteiger partial charge in [0.15, 0.2) is 5.82 Å². The summed E-state index contributed by atoms with van der Waals surface area (Å²) in [5.74, 6) is 0.957. The Morgan fingerprint density at radius 2 is 2.43 bits per heavy atom. The average molecular weight is 334 g/mol. The van der Waals surface area contributed by atoms with E-state index in [4.69, 9.17) is 9.26 Å². The summed E-state index contributed by atoms with van der Waals surface area (Å²) in [6.07, 6.45) is 5.93. The Balaban J connectivity index is 1.52. The quantitative estimate of drug-likeness (QED) is 0.808. The molecule has 0 aliphatic carbocycles. The molecule has 7 nitrogen and oxygen atoms in total. The molecule has 1 amide bonds. The van der Waals surface area contributed by atoms with Gasteiger partial charge in [-0.15, -0.1) is 11.8 Å². The molecule has 1 aliphatic heterocycles. The van der Waals surface area contributed by atoms with Gasteiger partial charge >= 0.3 is 0 Å². The molecule has 0 aromatic carbocycles. The Labute approximate surface area is 138 Å². The molecule has 3 heterocycles. The fourth-order valence-electron chi connectivity index (χ4n) is 2.38. The largest absolute Gasteiger partial charge is 0.368 e. The monoisotopic (exact) mass is 334 g/mol. The highest BCUT2D eigenvalue weighted by molar-refractivity contribution is 7.98. The third-order valence-corrected chi connectivity index (χ3v) is 4.24. The number of pyridine rings is 1. The summed E-state index contributed by atoms with van der Waals surface area (Å²) < 4.78 is 10.7. The molecule has 1 aliphatic rings. The molecule has 2 aromatic heterocycles. The maximum absolute atomic E-state index is 12.2. The molecule has 3 rings (SSSR count). The Hall–Kier alpha value is -1.93. The van der Waals surface area contributed by atoms with Gasteiger partial charge in [-0.25, -0.2) is 4.98 Å². The van der Waals surface area contributed by atoms with Gasteiger partial charge in [-0.05, 0) is 31.2 Å². The van der Waals surface area contributed by atoms with E-state index in [0.29, 0.717) is 35.3 Å². The van der Waals surface area contributed by atoms with E-state index < -0.39 is 0 Å². The molecule has 1 atom stereocenters. The number of carbonyl (C=O) groups excluding carboxylic acids is 1. The van der Waals surface area contributed by atoms with Gasteiger partial charge in [0.25, 0.3) is 11.8 Å². The summed E-state index contributed by atoms with van der Waals surface area (Å²) >= 11 is 1.45. The number of aromatic nitrogens is 3. The number of carbonyl (C=O) groups is 1. The Morgan fingerprint density at radius 1 is 1.52 bits per heavy atom. The Kier molecular flexibility index (Phi) is 5.24. The first-order valence-electron chi connectivity index (χ1n) is 7.49. The highest BCUT2D eigenvalue weighted by atomic mass is 32.2. The highest BCUT2D eigenvalue weighted by Gasteiger charge is 2.23. The Morgan fingerprint density at radius 3 is 3.22 bits per heavy atom. The van der Waals surface area contributed by atoms with Gasteiger partial charge in [0, 0.05) is 25.8 Å². The molecule has 1 saturated heterocycles. The van der Waals surface area contributed by atoms with Crippen LogP contribution in [-0.4, -0.2) is 40.4 Å². The van der Waals surface area contributed by atoms with Gasteiger partial charge in [0.05, 0.1) is 5.56 Å². The fraction of sp³-hybridized carbons (Fsp3) is 0.467. The van der Waals surface area contributed by atoms with Crippen molar-refractivity contribution in [3.63, 3.8) is 0 Å². The molecule has 0 bridgehead atoms. The van der Waals surface area contributed by atoms with E-state index >= 15 is 0 Å². The van der Waals surface area contributed by atoms with Crippen molar-refractivity contribution in [2.45, 2.75) is 30.4 Å². The van der Waals surface area contributed by atoms with Crippen molar-refractivity contribution >= 4 is 17.7 Å². The molecule has 2 aromatic rings. The van der Waals surface area contributed by atoms with Gasteiger partial charge < -0.3 is 14.6 Å². The second-order valence-corrected chi connectivity index (χ2v) is 5.91. The molecule has 23 heavy (non-hydrogen) atoms. The van der Waals surface area contributed by atoms with Gasteiger partial charge in [-0.2, -0.15) is 4.98 Å². The Bertz CT molecular complexity index is 670. The van der Waals surface area contributed by atoms with E-state index in [-0.39, 0.29) is 12.0 Å². The van der Waals surface area contributed by atoms with Crippen LogP contribution in [-0.2, 0) is 11.2 Å². The van der Waals surface area contributed by atoms with Crippen molar-refractivity contribution in [2.75, 3.05) is 19.4 Å². The summed E-state index contributed by atoms with van der Waals surface area (Å²) in [6, 6.07) is 3.51. The summed E-state index contributed by atoms with van der Waals surface area (Å²) in [5.41, 5.74) is 0.577. The topological polar surface area (TPSA) is 90.1 Å². The van der Waals surface area contributed by atoms with Crippen molar-refractivity contribution in [2.24, 2.45) is 0 Å². The number of hydrogen-bond donors (Lipinski definition) is 1. The zero-order valence-corrected chi connectivity index (χ0v) is 13.6. The van der Waals surface area contributed by atoms with Gasteiger partial charge in [0.1, 0.15) is 11.1 Å². The highest BCUT2D eigenvalue weighted by Crippen LogP contribution is 2.26. The van der Waals surface area contributed by atoms with Crippen LogP contribution in [0.1, 0.15) is 41.0 Å². The lowest BCUT2D eigenvalue weighted by molar-refractivity contribution is 0.0835. The summed E-state index contributed by atoms with van der Waals surface area (Å²) in [4.78, 5) is 20.7. The molecule has 0 unspecified atom stereocenters. The second-order valence-electron chi connectivity index (χ2n) is 5.12. The van der Waals surface area contributed by atoms with Crippen LogP contribution in [0.4, 0.5) is 0 Å². The molecule has 1 fully saturated rings. The van der Waals surface area contributed by atoms with Crippen LogP contribution >= 0.6 is 11.8 Å². The number of nitrogens with one attached hydrogen (secondary N) is 1. The van der Waals surface area contributed by atoms with Crippen molar-refractivity contribution in [3.8, 4) is 0 Å². The van der Waals surface area contributed by atoms with Crippen LogP contribution < -0.4 is 5.32 Å². The maximum atomic E-state index is 12.2. The minimum atomic E-state index is -0.148. The predicted octanol–water partition coefficient (Wildman–Crippen LogP) is 2.01. The molecular weight excluding hydrogens is 316 g/mol. The normalized spacial score (nSPS) is 17.3. The first-order valence-corrected chi connectivity index (χ1v) is 8.71. The van der Waals surface area contributed by atoms with Crippen LogP contribution in [0.5, 0.6) is 0 Å². The molecule has 1 N–H and O–H groups in total. The van der Waals surface area contributed by atoms with Gasteiger partial charge in [0.2, 0.25) is 0 Å². The third kappa shape index (κ3) is 3.89. The third-order valence-electron chi connectivity index (χ3n) is 3.53. The maximum Gasteiger partial charge on any atom is 0.255 e. The lowest BCUT2D eigenvalue weighted by Gasteiger charge is -2.06. The van der Waals surface area contributed by atoms with Gasteiger partial charge in [-0.1, -0.05) is 5.16 Å². The number of nitrogens with zero attached hydrogens (tertiary/aromatic N) is 3. The molecule has 0 spiro atoms. The predicted molar refractivity (Wildman–Crippen MR) is 84.3 cm³/mol. The smallest absolute Gasteiger partial charge is 0.255 e. The lowest BCUT2D eigenvalue weighted by Crippen LogP contribution is -2.26. The standard InChI is InChI=1S/C15H18N4O3S/c1-23-15-10(4-2-7-17-15)13(20)16-8-6-12-18-14(22-19-12)11-5-3-9-21-11/h2,4,7,11H,3,5-6,8-9H2,1H3,(H,16,20)/t11-/m1/s1.